The highest BCUT2D eigenvalue weighted by Crippen LogP contribution is 2.36. The van der Waals surface area contributed by atoms with Crippen molar-refractivity contribution in [3.8, 4) is 22.5 Å². The molecule has 0 fully saturated rings. The van der Waals surface area contributed by atoms with Gasteiger partial charge in [-0.2, -0.15) is 0 Å². The van der Waals surface area contributed by atoms with E-state index < -0.39 is 5.63 Å². The van der Waals surface area contributed by atoms with E-state index in [-0.39, 0.29) is 0 Å². The molecule has 0 N–H and O–H groups in total. The second-order valence-corrected chi connectivity index (χ2v) is 5.66. The van der Waals surface area contributed by atoms with E-state index in [0.717, 1.165) is 22.9 Å². The summed E-state index contributed by atoms with van der Waals surface area (Å²) in [6.45, 7) is 2.12. The molecule has 2 aromatic heterocycles. The molecule has 0 saturated heterocycles. The first kappa shape index (κ1) is 14.5. The maximum Gasteiger partial charge on any atom is 0.348 e. The smallest absolute Gasteiger partial charge is 0.348 e. The number of aryl methyl sites for hydroxylation is 1. The molecule has 0 radical (unpaired) electrons. The van der Waals surface area contributed by atoms with Gasteiger partial charge in [-0.3, -0.25) is 0 Å². The van der Waals surface area contributed by atoms with Crippen molar-refractivity contribution < 1.29 is 8.83 Å². The molecule has 2 aromatic carbocycles. The molecule has 0 aliphatic carbocycles. The van der Waals surface area contributed by atoms with E-state index >= 15 is 0 Å². The Morgan fingerprint density at radius 3 is 2.38 bits per heavy atom. The number of furan rings is 1. The molecule has 3 heteroatoms. The highest BCUT2D eigenvalue weighted by Gasteiger charge is 2.19. The zero-order valence-corrected chi connectivity index (χ0v) is 13.3. The topological polar surface area (TPSA) is 43.4 Å². The van der Waals surface area contributed by atoms with E-state index in [4.69, 9.17) is 8.83 Å². The molecule has 0 bridgehead atoms. The molecule has 0 atom stereocenters. The molecule has 4 aromatic rings. The highest BCUT2D eigenvalue weighted by atomic mass is 16.4. The predicted molar refractivity (Wildman–Crippen MR) is 95.0 cm³/mol. The summed E-state index contributed by atoms with van der Waals surface area (Å²) in [4.78, 5) is 12.6. The molecular weight excluding hydrogens is 300 g/mol. The summed E-state index contributed by atoms with van der Waals surface area (Å²) in [5.41, 5.74) is 3.72. The van der Waals surface area contributed by atoms with Crippen molar-refractivity contribution >= 4 is 11.0 Å². The summed E-state index contributed by atoms with van der Waals surface area (Å²) in [6.07, 6.45) is 2.54. The van der Waals surface area contributed by atoms with Crippen LogP contribution in [0.2, 0.25) is 0 Å². The van der Waals surface area contributed by atoms with Gasteiger partial charge in [0, 0.05) is 10.9 Å². The Bertz CT molecular complexity index is 1040. The van der Waals surface area contributed by atoms with Gasteiger partial charge >= 0.3 is 5.63 Å². The third-order valence-electron chi connectivity index (χ3n) is 4.23. The Kier molecular flexibility index (Phi) is 3.54. The molecule has 0 unspecified atom stereocenters. The normalized spacial score (nSPS) is 11.0. The lowest BCUT2D eigenvalue weighted by Gasteiger charge is -2.11. The Labute approximate surface area is 139 Å². The standard InChI is InChI=1S/C21H16O3/c1-2-14-9-11-15(12-10-14)19-16-6-3-4-7-17(16)24-21(22)20(19)18-8-5-13-23-18/h3-13H,2H2,1H3. The molecule has 0 aliphatic heterocycles. The van der Waals surface area contributed by atoms with Crippen LogP contribution in [-0.2, 0) is 6.42 Å². The van der Waals surface area contributed by atoms with Crippen LogP contribution < -0.4 is 5.63 Å². The second-order valence-electron chi connectivity index (χ2n) is 5.66. The lowest BCUT2D eigenvalue weighted by atomic mass is 9.95. The van der Waals surface area contributed by atoms with Crippen LogP contribution in [0.3, 0.4) is 0 Å². The largest absolute Gasteiger partial charge is 0.464 e. The number of hydrogen-bond donors (Lipinski definition) is 0. The van der Waals surface area contributed by atoms with Gasteiger partial charge in [-0.15, -0.1) is 0 Å². The predicted octanol–water partition coefficient (Wildman–Crippen LogP) is 5.28. The van der Waals surface area contributed by atoms with Crippen LogP contribution in [0.15, 0.2) is 80.6 Å². The van der Waals surface area contributed by atoms with Crippen LogP contribution in [0, 0.1) is 0 Å². The molecule has 24 heavy (non-hydrogen) atoms. The number of rotatable bonds is 3. The summed E-state index contributed by atoms with van der Waals surface area (Å²) in [5.74, 6) is 0.518. The van der Waals surface area contributed by atoms with Gasteiger partial charge in [-0.05, 0) is 35.7 Å². The molecule has 0 spiro atoms. The van der Waals surface area contributed by atoms with Crippen molar-refractivity contribution in [2.24, 2.45) is 0 Å². The summed E-state index contributed by atoms with van der Waals surface area (Å²) in [7, 11) is 0. The second kappa shape index (κ2) is 5.85. The van der Waals surface area contributed by atoms with Crippen molar-refractivity contribution in [3.63, 3.8) is 0 Å². The van der Waals surface area contributed by atoms with Gasteiger partial charge in [-0.1, -0.05) is 49.4 Å². The number of fused-ring (bicyclic) bond motifs is 1. The van der Waals surface area contributed by atoms with Gasteiger partial charge in [-0.25, -0.2) is 4.79 Å². The molecule has 4 rings (SSSR count). The van der Waals surface area contributed by atoms with Gasteiger partial charge in [0.2, 0.25) is 0 Å². The monoisotopic (exact) mass is 316 g/mol. The van der Waals surface area contributed by atoms with Crippen LogP contribution >= 0.6 is 0 Å². The molecule has 118 valence electrons. The van der Waals surface area contributed by atoms with Crippen molar-refractivity contribution in [2.75, 3.05) is 0 Å². The van der Waals surface area contributed by atoms with E-state index in [1.165, 1.54) is 5.56 Å². The van der Waals surface area contributed by atoms with Crippen LogP contribution in [0.1, 0.15) is 12.5 Å². The minimum Gasteiger partial charge on any atom is -0.464 e. The molecule has 3 nitrogen and oxygen atoms in total. The van der Waals surface area contributed by atoms with Crippen LogP contribution in [0.5, 0.6) is 0 Å². The third-order valence-corrected chi connectivity index (χ3v) is 4.23. The maximum absolute atomic E-state index is 12.6. The number of para-hydroxylation sites is 1. The van der Waals surface area contributed by atoms with Crippen molar-refractivity contribution in [1.82, 2.24) is 0 Å². The fourth-order valence-electron chi connectivity index (χ4n) is 3.00. The fourth-order valence-corrected chi connectivity index (χ4v) is 3.00. The number of benzene rings is 2. The summed E-state index contributed by atoms with van der Waals surface area (Å²) < 4.78 is 11.0. The molecule has 0 amide bonds. The Morgan fingerprint density at radius 2 is 1.67 bits per heavy atom. The third kappa shape index (κ3) is 2.35. The molecule has 0 aliphatic rings. The fraction of sp³-hybridized carbons (Fsp3) is 0.0952. The first-order valence-corrected chi connectivity index (χ1v) is 7.97. The molecular formula is C21H16O3. The van der Waals surface area contributed by atoms with E-state index in [1.807, 2.05) is 36.4 Å². The average molecular weight is 316 g/mol. The van der Waals surface area contributed by atoms with Crippen molar-refractivity contribution in [3.05, 3.63) is 82.9 Å². The van der Waals surface area contributed by atoms with E-state index in [0.29, 0.717) is 16.9 Å². The zero-order valence-electron chi connectivity index (χ0n) is 13.3. The van der Waals surface area contributed by atoms with Gasteiger partial charge in [0.25, 0.3) is 0 Å². The Hall–Kier alpha value is -3.07. The van der Waals surface area contributed by atoms with Gasteiger partial charge in [0.1, 0.15) is 16.9 Å². The molecule has 0 saturated carbocycles. The highest BCUT2D eigenvalue weighted by molar-refractivity contribution is 6.00. The average Bonchev–Trinajstić information content (AvgIpc) is 3.15. The Balaban J connectivity index is 2.10. The van der Waals surface area contributed by atoms with Crippen LogP contribution in [0.25, 0.3) is 33.4 Å². The first-order chi connectivity index (χ1) is 11.8. The minimum absolute atomic E-state index is 0.391. The lowest BCUT2D eigenvalue weighted by Crippen LogP contribution is -2.05. The van der Waals surface area contributed by atoms with Gasteiger partial charge < -0.3 is 8.83 Å². The summed E-state index contributed by atoms with van der Waals surface area (Å²) in [5, 5.41) is 0.896. The summed E-state index contributed by atoms with van der Waals surface area (Å²) >= 11 is 0. The minimum atomic E-state index is -0.391. The van der Waals surface area contributed by atoms with Crippen LogP contribution in [-0.4, -0.2) is 0 Å². The van der Waals surface area contributed by atoms with Gasteiger partial charge in [0.05, 0.1) is 6.26 Å². The summed E-state index contributed by atoms with van der Waals surface area (Å²) in [6, 6.07) is 19.4. The van der Waals surface area contributed by atoms with E-state index in [9.17, 15) is 4.79 Å². The maximum atomic E-state index is 12.6. The quantitative estimate of drug-likeness (QED) is 0.483. The van der Waals surface area contributed by atoms with E-state index in [1.54, 1.807) is 18.4 Å². The first-order valence-electron chi connectivity index (χ1n) is 7.97. The number of hydrogen-bond acceptors (Lipinski definition) is 3. The molecule has 2 heterocycles. The van der Waals surface area contributed by atoms with Crippen molar-refractivity contribution in [2.45, 2.75) is 13.3 Å². The zero-order chi connectivity index (χ0) is 16.5. The lowest BCUT2D eigenvalue weighted by molar-refractivity contribution is 0.548. The SMILES string of the molecule is CCc1ccc(-c2c(-c3ccco3)c(=O)oc3ccccc23)cc1. The van der Waals surface area contributed by atoms with Crippen molar-refractivity contribution in [1.29, 1.82) is 0 Å². The van der Waals surface area contributed by atoms with Gasteiger partial charge in [0.15, 0.2) is 0 Å². The van der Waals surface area contributed by atoms with Crippen LogP contribution in [0.4, 0.5) is 0 Å². The Morgan fingerprint density at radius 1 is 0.875 bits per heavy atom. The van der Waals surface area contributed by atoms with E-state index in [2.05, 4.69) is 19.1 Å².